The van der Waals surface area contributed by atoms with Crippen LogP contribution in [0, 0.1) is 0 Å². The third-order valence-electron chi connectivity index (χ3n) is 3.17. The van der Waals surface area contributed by atoms with E-state index in [1.165, 1.54) is 36.2 Å². The zero-order valence-electron chi connectivity index (χ0n) is 7.19. The zero-order valence-corrected chi connectivity index (χ0v) is 7.19. The average Bonchev–Trinajstić information content (AvgIpc) is 2.40. The van der Waals surface area contributed by atoms with Gasteiger partial charge in [-0.3, -0.25) is 0 Å². The quantitative estimate of drug-likeness (QED) is 0.648. The standard InChI is InChI=1S/C10H14N2/c1-2-7(3-1)9-4-8-5-11-6-10(8)12-9/h4,7,11-12H,1-3,5-6H2. The molecule has 3 rings (SSSR count). The molecule has 0 bridgehead atoms. The molecule has 64 valence electrons. The lowest BCUT2D eigenvalue weighted by Crippen LogP contribution is -2.10. The molecule has 2 N–H and O–H groups in total. The first-order valence-corrected chi connectivity index (χ1v) is 4.85. The molecule has 2 heteroatoms. The maximum absolute atomic E-state index is 3.53. The smallest absolute Gasteiger partial charge is 0.0363 e. The van der Waals surface area contributed by atoms with Crippen molar-refractivity contribution in [3.05, 3.63) is 23.0 Å². The molecule has 2 nitrogen and oxygen atoms in total. The van der Waals surface area contributed by atoms with Crippen LogP contribution in [0.1, 0.15) is 42.1 Å². The Morgan fingerprint density at radius 3 is 2.83 bits per heavy atom. The maximum Gasteiger partial charge on any atom is 0.0363 e. The number of aromatic nitrogens is 1. The van der Waals surface area contributed by atoms with Crippen LogP contribution in [0.15, 0.2) is 6.07 Å². The summed E-state index contributed by atoms with van der Waals surface area (Å²) in [5.41, 5.74) is 4.42. The molecular formula is C10H14N2. The predicted octanol–water partition coefficient (Wildman–Crippen LogP) is 1.89. The Morgan fingerprint density at radius 2 is 2.17 bits per heavy atom. The fourth-order valence-corrected chi connectivity index (χ4v) is 2.14. The van der Waals surface area contributed by atoms with Gasteiger partial charge in [-0.05, 0) is 30.4 Å². The van der Waals surface area contributed by atoms with E-state index in [2.05, 4.69) is 16.4 Å². The highest BCUT2D eigenvalue weighted by Gasteiger charge is 2.23. The van der Waals surface area contributed by atoms with Crippen LogP contribution in [0.4, 0.5) is 0 Å². The Kier molecular flexibility index (Phi) is 1.32. The average molecular weight is 162 g/mol. The SMILES string of the molecule is c1c(C2CCC2)[nH]c2c1CNC2. The molecule has 0 atom stereocenters. The molecule has 0 spiro atoms. The highest BCUT2D eigenvalue weighted by atomic mass is 14.9. The van der Waals surface area contributed by atoms with Crippen LogP contribution in [0.2, 0.25) is 0 Å². The van der Waals surface area contributed by atoms with Crippen LogP contribution < -0.4 is 5.32 Å². The van der Waals surface area contributed by atoms with Crippen molar-refractivity contribution in [2.24, 2.45) is 0 Å². The number of H-pyrrole nitrogens is 1. The second-order valence-electron chi connectivity index (χ2n) is 3.96. The van der Waals surface area contributed by atoms with Crippen LogP contribution in [0.25, 0.3) is 0 Å². The summed E-state index contributed by atoms with van der Waals surface area (Å²) in [5, 5.41) is 3.34. The van der Waals surface area contributed by atoms with Crippen LogP contribution in [-0.4, -0.2) is 4.98 Å². The van der Waals surface area contributed by atoms with Crippen molar-refractivity contribution in [3.63, 3.8) is 0 Å². The molecule has 1 aromatic rings. The molecule has 1 aromatic heterocycles. The van der Waals surface area contributed by atoms with E-state index in [9.17, 15) is 0 Å². The van der Waals surface area contributed by atoms with E-state index in [4.69, 9.17) is 0 Å². The number of hydrogen-bond acceptors (Lipinski definition) is 1. The molecule has 1 aliphatic heterocycles. The second kappa shape index (κ2) is 2.36. The van der Waals surface area contributed by atoms with Crippen LogP contribution in [0.3, 0.4) is 0 Å². The van der Waals surface area contributed by atoms with Crippen molar-refractivity contribution in [2.75, 3.05) is 0 Å². The van der Waals surface area contributed by atoms with Gasteiger partial charge in [0.05, 0.1) is 0 Å². The third-order valence-corrected chi connectivity index (χ3v) is 3.17. The Balaban J connectivity index is 1.92. The Labute approximate surface area is 72.4 Å². The van der Waals surface area contributed by atoms with Crippen molar-refractivity contribution in [1.29, 1.82) is 0 Å². The molecule has 0 unspecified atom stereocenters. The first-order valence-electron chi connectivity index (χ1n) is 4.85. The highest BCUT2D eigenvalue weighted by molar-refractivity contribution is 5.31. The summed E-state index contributed by atoms with van der Waals surface area (Å²) in [6.07, 6.45) is 4.21. The second-order valence-corrected chi connectivity index (χ2v) is 3.96. The largest absolute Gasteiger partial charge is 0.361 e. The van der Waals surface area contributed by atoms with Gasteiger partial charge in [0, 0.05) is 24.5 Å². The van der Waals surface area contributed by atoms with Gasteiger partial charge in [0.15, 0.2) is 0 Å². The van der Waals surface area contributed by atoms with E-state index >= 15 is 0 Å². The lowest BCUT2D eigenvalue weighted by molar-refractivity contribution is 0.411. The van der Waals surface area contributed by atoms with Gasteiger partial charge < -0.3 is 10.3 Å². The van der Waals surface area contributed by atoms with Crippen molar-refractivity contribution in [2.45, 2.75) is 38.3 Å². The lowest BCUT2D eigenvalue weighted by atomic mass is 9.83. The molecule has 12 heavy (non-hydrogen) atoms. The third kappa shape index (κ3) is 0.845. The van der Waals surface area contributed by atoms with E-state index in [0.717, 1.165) is 19.0 Å². The lowest BCUT2D eigenvalue weighted by Gasteiger charge is -2.24. The molecule has 0 radical (unpaired) electrons. The van der Waals surface area contributed by atoms with Gasteiger partial charge in [-0.25, -0.2) is 0 Å². The normalized spacial score (nSPS) is 22.3. The van der Waals surface area contributed by atoms with Gasteiger partial charge in [-0.2, -0.15) is 0 Å². The Morgan fingerprint density at radius 1 is 1.25 bits per heavy atom. The topological polar surface area (TPSA) is 27.8 Å². The van der Waals surface area contributed by atoms with Gasteiger partial charge >= 0.3 is 0 Å². The number of rotatable bonds is 1. The number of fused-ring (bicyclic) bond motifs is 1. The first-order chi connectivity index (χ1) is 5.93. The Hall–Kier alpha value is -0.760. The Bertz CT molecular complexity index is 275. The van der Waals surface area contributed by atoms with Crippen LogP contribution in [0.5, 0.6) is 0 Å². The summed E-state index contributed by atoms with van der Waals surface area (Å²) in [5.74, 6) is 0.857. The molecule has 1 fully saturated rings. The number of hydrogen-bond donors (Lipinski definition) is 2. The highest BCUT2D eigenvalue weighted by Crippen LogP contribution is 2.36. The fraction of sp³-hybridized carbons (Fsp3) is 0.600. The molecule has 1 saturated carbocycles. The minimum absolute atomic E-state index is 0.857. The van der Waals surface area contributed by atoms with Gasteiger partial charge in [-0.15, -0.1) is 0 Å². The van der Waals surface area contributed by atoms with Gasteiger partial charge in [0.25, 0.3) is 0 Å². The predicted molar refractivity (Wildman–Crippen MR) is 47.9 cm³/mol. The zero-order chi connectivity index (χ0) is 7.97. The minimum atomic E-state index is 0.857. The summed E-state index contributed by atoms with van der Waals surface area (Å²) in [4.78, 5) is 3.53. The van der Waals surface area contributed by atoms with Gasteiger partial charge in [-0.1, -0.05) is 6.42 Å². The molecule has 0 amide bonds. The molecule has 0 aromatic carbocycles. The summed E-state index contributed by atoms with van der Waals surface area (Å²) in [6, 6.07) is 2.36. The van der Waals surface area contributed by atoms with Crippen LogP contribution in [-0.2, 0) is 13.1 Å². The van der Waals surface area contributed by atoms with E-state index in [0.29, 0.717) is 0 Å². The van der Waals surface area contributed by atoms with E-state index < -0.39 is 0 Å². The molecular weight excluding hydrogens is 148 g/mol. The van der Waals surface area contributed by atoms with E-state index in [1.54, 1.807) is 0 Å². The van der Waals surface area contributed by atoms with Crippen molar-refractivity contribution < 1.29 is 0 Å². The fourth-order valence-electron chi connectivity index (χ4n) is 2.14. The summed E-state index contributed by atoms with van der Waals surface area (Å²) >= 11 is 0. The van der Waals surface area contributed by atoms with Gasteiger partial charge in [0.1, 0.15) is 0 Å². The summed E-state index contributed by atoms with van der Waals surface area (Å²) in [7, 11) is 0. The van der Waals surface area contributed by atoms with E-state index in [1.807, 2.05) is 0 Å². The van der Waals surface area contributed by atoms with Crippen molar-refractivity contribution in [1.82, 2.24) is 10.3 Å². The minimum Gasteiger partial charge on any atom is -0.361 e. The van der Waals surface area contributed by atoms with Crippen molar-refractivity contribution >= 4 is 0 Å². The molecule has 0 saturated heterocycles. The molecule has 2 heterocycles. The number of nitrogens with one attached hydrogen (secondary N) is 2. The molecule has 2 aliphatic rings. The number of aromatic amines is 1. The maximum atomic E-state index is 3.53. The van der Waals surface area contributed by atoms with Crippen molar-refractivity contribution in [3.8, 4) is 0 Å². The van der Waals surface area contributed by atoms with E-state index in [-0.39, 0.29) is 0 Å². The first kappa shape index (κ1) is 6.72. The monoisotopic (exact) mass is 162 g/mol. The summed E-state index contributed by atoms with van der Waals surface area (Å²) in [6.45, 7) is 2.11. The van der Waals surface area contributed by atoms with Crippen LogP contribution >= 0.6 is 0 Å². The summed E-state index contributed by atoms with van der Waals surface area (Å²) < 4.78 is 0. The van der Waals surface area contributed by atoms with Gasteiger partial charge in [0.2, 0.25) is 0 Å². The molecule has 1 aliphatic carbocycles.